The third kappa shape index (κ3) is 3.57. The molecule has 0 heterocycles. The van der Waals surface area contributed by atoms with E-state index in [9.17, 15) is 5.11 Å². The molecule has 138 valence electrons. The molecule has 0 amide bonds. The van der Waals surface area contributed by atoms with Gasteiger partial charge < -0.3 is 5.11 Å². The Balaban J connectivity index is 1.93. The lowest BCUT2D eigenvalue weighted by molar-refractivity contribution is 0.198. The van der Waals surface area contributed by atoms with Crippen molar-refractivity contribution in [3.05, 3.63) is 127 Å². The first kappa shape index (κ1) is 18.4. The fraction of sp³-hybridized carbons (Fsp3) is 0.0769. The highest BCUT2D eigenvalue weighted by atomic mass is 28.3. The van der Waals surface area contributed by atoms with E-state index in [1.165, 1.54) is 15.6 Å². The average Bonchev–Trinajstić information content (AvgIpc) is 2.80. The molecule has 1 atom stereocenters. The van der Waals surface area contributed by atoms with E-state index >= 15 is 0 Å². The van der Waals surface area contributed by atoms with Crippen LogP contribution in [0.25, 0.3) is 0 Å². The quantitative estimate of drug-likeness (QED) is 0.397. The van der Waals surface area contributed by atoms with Crippen molar-refractivity contribution in [1.29, 1.82) is 0 Å². The monoisotopic (exact) mass is 380 g/mol. The number of rotatable bonds is 6. The minimum atomic E-state index is -2.42. The van der Waals surface area contributed by atoms with E-state index in [4.69, 9.17) is 0 Å². The molecule has 0 saturated heterocycles. The highest BCUT2D eigenvalue weighted by molar-refractivity contribution is 7.11. The van der Waals surface area contributed by atoms with Crippen LogP contribution in [-0.4, -0.2) is 13.2 Å². The Kier molecular flexibility index (Phi) is 5.52. The van der Waals surface area contributed by atoms with Crippen LogP contribution in [0.2, 0.25) is 6.04 Å². The molecule has 0 aliphatic rings. The van der Waals surface area contributed by atoms with Gasteiger partial charge in [-0.2, -0.15) is 0 Å². The minimum absolute atomic E-state index is 0.520. The lowest BCUT2D eigenvalue weighted by Crippen LogP contribution is -2.67. The number of aliphatic hydroxyl groups is 1. The van der Waals surface area contributed by atoms with Gasteiger partial charge in [-0.3, -0.25) is 0 Å². The third-order valence-electron chi connectivity index (χ3n) is 5.48. The molecule has 4 aromatic carbocycles. The number of aliphatic hydroxyl groups excluding tert-OH is 1. The van der Waals surface area contributed by atoms with Gasteiger partial charge in [0.1, 0.15) is 0 Å². The van der Waals surface area contributed by atoms with Gasteiger partial charge in [0, 0.05) is 0 Å². The van der Waals surface area contributed by atoms with Gasteiger partial charge in [-0.15, -0.1) is 0 Å². The summed E-state index contributed by atoms with van der Waals surface area (Å²) in [5.41, 5.74) is 0.974. The molecule has 0 aliphatic heterocycles. The minimum Gasteiger partial charge on any atom is -0.389 e. The van der Waals surface area contributed by atoms with E-state index in [-0.39, 0.29) is 0 Å². The molecule has 2 heteroatoms. The van der Waals surface area contributed by atoms with E-state index < -0.39 is 14.2 Å². The predicted octanol–water partition coefficient (Wildman–Crippen LogP) is 3.89. The van der Waals surface area contributed by atoms with Gasteiger partial charge in [0.15, 0.2) is 8.07 Å². The maximum Gasteiger partial charge on any atom is 0.151 e. The normalized spacial score (nSPS) is 12.5. The van der Waals surface area contributed by atoms with Crippen molar-refractivity contribution in [3.63, 3.8) is 0 Å². The van der Waals surface area contributed by atoms with Crippen molar-refractivity contribution < 1.29 is 5.11 Å². The molecular weight excluding hydrogens is 356 g/mol. The highest BCUT2D eigenvalue weighted by Crippen LogP contribution is 2.25. The van der Waals surface area contributed by atoms with Gasteiger partial charge in [-0.25, -0.2) is 0 Å². The largest absolute Gasteiger partial charge is 0.389 e. The van der Waals surface area contributed by atoms with E-state index in [0.29, 0.717) is 6.04 Å². The smallest absolute Gasteiger partial charge is 0.151 e. The molecule has 0 fully saturated rings. The summed E-state index contributed by atoms with van der Waals surface area (Å²) in [4.78, 5) is 0. The zero-order valence-electron chi connectivity index (χ0n) is 15.8. The van der Waals surface area contributed by atoms with E-state index in [2.05, 4.69) is 91.0 Å². The predicted molar refractivity (Wildman–Crippen MR) is 120 cm³/mol. The summed E-state index contributed by atoms with van der Waals surface area (Å²) in [6, 6.07) is 42.9. The summed E-state index contributed by atoms with van der Waals surface area (Å²) in [7, 11) is -2.42. The first-order valence-electron chi connectivity index (χ1n) is 9.70. The lowest BCUT2D eigenvalue weighted by Gasteiger charge is -2.35. The van der Waals surface area contributed by atoms with Crippen LogP contribution in [0.4, 0.5) is 0 Å². The molecule has 0 unspecified atom stereocenters. The van der Waals surface area contributed by atoms with Gasteiger partial charge >= 0.3 is 0 Å². The van der Waals surface area contributed by atoms with Gasteiger partial charge in [-0.05, 0) is 27.2 Å². The summed E-state index contributed by atoms with van der Waals surface area (Å²) in [5, 5.41) is 15.2. The maximum atomic E-state index is 11.3. The van der Waals surface area contributed by atoms with Crippen LogP contribution >= 0.6 is 0 Å². The van der Waals surface area contributed by atoms with Crippen LogP contribution in [-0.2, 0) is 0 Å². The molecule has 0 bridgehead atoms. The van der Waals surface area contributed by atoms with Crippen LogP contribution in [0.3, 0.4) is 0 Å². The SMILES string of the molecule is O[C@H](C[Si](c1ccccc1)(c1ccccc1)c1ccccc1)c1ccccc1. The molecule has 0 aliphatic carbocycles. The zero-order valence-corrected chi connectivity index (χ0v) is 16.8. The van der Waals surface area contributed by atoms with Crippen molar-refractivity contribution in [1.82, 2.24) is 0 Å². The van der Waals surface area contributed by atoms with Gasteiger partial charge in [-0.1, -0.05) is 121 Å². The van der Waals surface area contributed by atoms with Crippen LogP contribution in [0.15, 0.2) is 121 Å². The molecule has 0 spiro atoms. The number of benzene rings is 4. The van der Waals surface area contributed by atoms with Crippen molar-refractivity contribution in [2.24, 2.45) is 0 Å². The van der Waals surface area contributed by atoms with Gasteiger partial charge in [0.05, 0.1) is 6.10 Å². The van der Waals surface area contributed by atoms with Gasteiger partial charge in [0.2, 0.25) is 0 Å². The van der Waals surface area contributed by atoms with Crippen molar-refractivity contribution in [2.45, 2.75) is 12.1 Å². The third-order valence-corrected chi connectivity index (χ3v) is 10.4. The van der Waals surface area contributed by atoms with E-state index in [0.717, 1.165) is 5.56 Å². The summed E-state index contributed by atoms with van der Waals surface area (Å²) in [6.45, 7) is 0. The second kappa shape index (κ2) is 8.38. The first-order chi connectivity index (χ1) is 13.8. The fourth-order valence-electron chi connectivity index (χ4n) is 4.10. The second-order valence-electron chi connectivity index (χ2n) is 7.13. The zero-order chi connectivity index (χ0) is 19.2. The Hall–Kier alpha value is -2.94. The summed E-state index contributed by atoms with van der Waals surface area (Å²) in [6.07, 6.45) is -0.520. The molecule has 1 N–H and O–H groups in total. The van der Waals surface area contributed by atoms with E-state index in [1.807, 2.05) is 30.3 Å². The molecule has 0 radical (unpaired) electrons. The Morgan fingerprint density at radius 1 is 0.500 bits per heavy atom. The molecule has 0 saturated carbocycles. The maximum absolute atomic E-state index is 11.3. The number of hydrogen-bond acceptors (Lipinski definition) is 1. The lowest BCUT2D eigenvalue weighted by atomic mass is 10.1. The van der Waals surface area contributed by atoms with Crippen molar-refractivity contribution in [2.75, 3.05) is 0 Å². The fourth-order valence-corrected chi connectivity index (χ4v) is 8.91. The summed E-state index contributed by atoms with van der Waals surface area (Å²) >= 11 is 0. The summed E-state index contributed by atoms with van der Waals surface area (Å²) < 4.78 is 0. The van der Waals surface area contributed by atoms with Crippen LogP contribution in [0.5, 0.6) is 0 Å². The standard InChI is InChI=1S/C26H24OSi/c27-26(22-13-5-1-6-14-22)21-28(23-15-7-2-8-16-23,24-17-9-3-10-18-24)25-19-11-4-12-20-25/h1-20,26-27H,21H2/t26-/m1/s1. The molecule has 1 nitrogen and oxygen atoms in total. The Labute approximate surface area is 168 Å². The number of hydrogen-bond donors (Lipinski definition) is 1. The van der Waals surface area contributed by atoms with Crippen LogP contribution in [0.1, 0.15) is 11.7 Å². The second-order valence-corrected chi connectivity index (χ2v) is 11.1. The Bertz CT molecular complexity index is 889. The summed E-state index contributed by atoms with van der Waals surface area (Å²) in [5.74, 6) is 0. The average molecular weight is 381 g/mol. The molecule has 4 rings (SSSR count). The van der Waals surface area contributed by atoms with Crippen molar-refractivity contribution in [3.8, 4) is 0 Å². The topological polar surface area (TPSA) is 20.2 Å². The highest BCUT2D eigenvalue weighted by Gasteiger charge is 2.41. The Morgan fingerprint density at radius 3 is 1.18 bits per heavy atom. The van der Waals surface area contributed by atoms with Crippen molar-refractivity contribution >= 4 is 23.6 Å². The van der Waals surface area contributed by atoms with E-state index in [1.54, 1.807) is 0 Å². The first-order valence-corrected chi connectivity index (χ1v) is 11.9. The molecule has 28 heavy (non-hydrogen) atoms. The van der Waals surface area contributed by atoms with Gasteiger partial charge in [0.25, 0.3) is 0 Å². The molecule has 4 aromatic rings. The Morgan fingerprint density at radius 2 is 0.821 bits per heavy atom. The molecule has 0 aromatic heterocycles. The van der Waals surface area contributed by atoms with Crippen LogP contribution < -0.4 is 15.6 Å². The van der Waals surface area contributed by atoms with Crippen LogP contribution in [0, 0.1) is 0 Å². The molecular formula is C26H24OSi.